The van der Waals surface area contributed by atoms with E-state index in [1.807, 2.05) is 18.2 Å². The highest BCUT2D eigenvalue weighted by molar-refractivity contribution is 5.91. The fraction of sp³-hybridized carbons (Fsp3) is 0.158. The van der Waals surface area contributed by atoms with Crippen LogP contribution in [0.2, 0.25) is 0 Å². The molecule has 1 amide bonds. The Kier molecular flexibility index (Phi) is 15.8. The SMILES string of the molecule is CN(N)c1ccccn1.CN(NC(=O)/C=C\n1cnc(-c2cc(C(F)(F)F)cc(C(F)(F)F)c2)n1)c1ccccn1.O=C(O)/C=C\n1cnc(-c2cc(C(F)(F)F)cc(C(F)(F)F)c2)n1. The number of carboxylic acid groups (broad SMARTS) is 1. The highest BCUT2D eigenvalue weighted by Gasteiger charge is 2.38. The van der Waals surface area contributed by atoms with Crippen molar-refractivity contribution in [1.29, 1.82) is 0 Å². The topological polar surface area (TPSA) is 186 Å². The second-order valence-corrected chi connectivity index (χ2v) is 12.7. The van der Waals surface area contributed by atoms with Crippen LogP contribution in [0.15, 0.2) is 110 Å². The van der Waals surface area contributed by atoms with Gasteiger partial charge in [0.05, 0.1) is 22.3 Å². The molecule has 6 rings (SSSR count). The molecule has 4 N–H and O–H groups in total. The maximum atomic E-state index is 13.0. The predicted octanol–water partition coefficient (Wildman–Crippen LogP) is 7.95. The van der Waals surface area contributed by atoms with Gasteiger partial charge in [-0.05, 0) is 60.7 Å². The monoisotopic (exact) mass is 930 g/mol. The highest BCUT2D eigenvalue weighted by atomic mass is 19.4. The van der Waals surface area contributed by atoms with E-state index in [0.29, 0.717) is 36.2 Å². The Morgan fingerprint density at radius 3 is 1.31 bits per heavy atom. The van der Waals surface area contributed by atoms with Crippen molar-refractivity contribution in [1.82, 2.24) is 44.9 Å². The minimum Gasteiger partial charge on any atom is -0.478 e. The number of carbonyl (C=O) groups excluding carboxylic acids is 1. The van der Waals surface area contributed by atoms with Crippen molar-refractivity contribution < 1.29 is 67.4 Å². The van der Waals surface area contributed by atoms with Gasteiger partial charge in [-0.15, -0.1) is 10.2 Å². The first-order chi connectivity index (χ1) is 30.2. The van der Waals surface area contributed by atoms with Gasteiger partial charge in [-0.1, -0.05) is 12.1 Å². The number of benzene rings is 2. The van der Waals surface area contributed by atoms with Gasteiger partial charge in [0, 0.05) is 62.2 Å². The lowest BCUT2D eigenvalue weighted by Crippen LogP contribution is -2.38. The summed E-state index contributed by atoms with van der Waals surface area (Å²) in [6, 6.07) is 12.7. The van der Waals surface area contributed by atoms with Crippen molar-refractivity contribution in [2.24, 2.45) is 5.84 Å². The molecule has 0 saturated heterocycles. The van der Waals surface area contributed by atoms with Crippen LogP contribution in [0.5, 0.6) is 0 Å². The van der Waals surface area contributed by atoms with Crippen molar-refractivity contribution in [3.8, 4) is 22.8 Å². The van der Waals surface area contributed by atoms with E-state index in [2.05, 4.69) is 35.6 Å². The summed E-state index contributed by atoms with van der Waals surface area (Å²) in [6.45, 7) is 0. The van der Waals surface area contributed by atoms with Gasteiger partial charge in [-0.25, -0.2) is 39.9 Å². The van der Waals surface area contributed by atoms with Gasteiger partial charge in [0.2, 0.25) is 0 Å². The van der Waals surface area contributed by atoms with E-state index in [-0.39, 0.29) is 18.0 Å². The van der Waals surface area contributed by atoms with E-state index < -0.39 is 75.8 Å². The number of nitrogens with two attached hydrogens (primary N) is 1. The van der Waals surface area contributed by atoms with Crippen LogP contribution in [0.1, 0.15) is 22.3 Å². The number of carbonyl (C=O) groups is 2. The zero-order valence-corrected chi connectivity index (χ0v) is 32.9. The molecule has 344 valence electrons. The number of anilines is 2. The van der Waals surface area contributed by atoms with Gasteiger partial charge < -0.3 is 5.11 Å². The Hall–Kier alpha value is -7.84. The molecule has 0 fully saturated rings. The van der Waals surface area contributed by atoms with E-state index in [0.717, 1.165) is 46.3 Å². The molecule has 65 heavy (non-hydrogen) atoms. The number of aliphatic carboxylic acids is 1. The molecule has 0 bridgehead atoms. The average Bonchev–Trinajstić information content (AvgIpc) is 3.92. The first-order valence-electron chi connectivity index (χ1n) is 17.6. The number of hydrogen-bond donors (Lipinski definition) is 3. The fourth-order valence-corrected chi connectivity index (χ4v) is 4.78. The van der Waals surface area contributed by atoms with Gasteiger partial charge in [0.1, 0.15) is 24.3 Å². The van der Waals surface area contributed by atoms with E-state index in [1.54, 1.807) is 38.5 Å². The van der Waals surface area contributed by atoms with Crippen molar-refractivity contribution in [3.05, 3.63) is 132 Å². The zero-order valence-electron chi connectivity index (χ0n) is 32.9. The minimum atomic E-state index is -4.99. The summed E-state index contributed by atoms with van der Waals surface area (Å²) in [5.74, 6) is 3.92. The molecule has 15 nitrogen and oxygen atoms in total. The zero-order chi connectivity index (χ0) is 48.3. The molecule has 0 atom stereocenters. The van der Waals surface area contributed by atoms with Crippen LogP contribution in [0.4, 0.5) is 64.3 Å². The Balaban J connectivity index is 0.000000245. The second-order valence-electron chi connectivity index (χ2n) is 12.7. The summed E-state index contributed by atoms with van der Waals surface area (Å²) in [6.07, 6.45) is -10.9. The molecule has 0 radical (unpaired) electrons. The molecule has 0 aliphatic rings. The molecular formula is C38H30F12N12O3. The van der Waals surface area contributed by atoms with Crippen LogP contribution in [-0.2, 0) is 34.3 Å². The summed E-state index contributed by atoms with van der Waals surface area (Å²) in [7, 11) is 3.30. The first kappa shape index (κ1) is 49.8. The van der Waals surface area contributed by atoms with Gasteiger partial charge in [0.25, 0.3) is 5.91 Å². The Morgan fingerprint density at radius 1 is 0.600 bits per heavy atom. The number of nitrogens with zero attached hydrogens (tertiary/aromatic N) is 10. The number of hydrogen-bond acceptors (Lipinski definition) is 11. The maximum Gasteiger partial charge on any atom is 0.416 e. The normalized spacial score (nSPS) is 12.0. The van der Waals surface area contributed by atoms with Gasteiger partial charge >= 0.3 is 30.7 Å². The maximum absolute atomic E-state index is 13.0. The lowest BCUT2D eigenvalue weighted by atomic mass is 10.0. The van der Waals surface area contributed by atoms with E-state index in [4.69, 9.17) is 10.9 Å². The lowest BCUT2D eigenvalue weighted by molar-refractivity contribution is -0.144. The second kappa shape index (κ2) is 20.6. The van der Waals surface area contributed by atoms with E-state index in [9.17, 15) is 62.3 Å². The number of carboxylic acids is 1. The molecule has 4 aromatic heterocycles. The number of pyridine rings is 2. The average molecular weight is 931 g/mol. The highest BCUT2D eigenvalue weighted by Crippen LogP contribution is 2.39. The quantitative estimate of drug-likeness (QED) is 0.0551. The first-order valence-corrected chi connectivity index (χ1v) is 17.6. The summed E-state index contributed by atoms with van der Waals surface area (Å²) < 4.78 is 157. The summed E-state index contributed by atoms with van der Waals surface area (Å²) >= 11 is 0. The van der Waals surface area contributed by atoms with Gasteiger partial charge in [0.15, 0.2) is 11.6 Å². The Bertz CT molecular complexity index is 2530. The van der Waals surface area contributed by atoms with Gasteiger partial charge in [-0.2, -0.15) is 52.7 Å². The van der Waals surface area contributed by atoms with Crippen molar-refractivity contribution in [2.45, 2.75) is 24.7 Å². The Morgan fingerprint density at radius 2 is 0.985 bits per heavy atom. The molecule has 0 spiro atoms. The Labute approximate surface area is 357 Å². The third-order valence-corrected chi connectivity index (χ3v) is 7.74. The number of alkyl halides is 12. The van der Waals surface area contributed by atoms with Crippen LogP contribution in [0.25, 0.3) is 35.2 Å². The summed E-state index contributed by atoms with van der Waals surface area (Å²) in [5.41, 5.74) is -4.44. The number of amides is 1. The predicted molar refractivity (Wildman–Crippen MR) is 207 cm³/mol. The minimum absolute atomic E-state index is 0.00910. The molecule has 2 aromatic carbocycles. The van der Waals surface area contributed by atoms with Crippen LogP contribution in [-0.4, -0.2) is 70.6 Å². The standard InChI is InChI=1S/C19H14F6N6O.C13H7F6N3O2.C6H9N3/c1-30(15-4-2-3-6-26-15)28-16(32)5-7-31-11-27-17(29-31)12-8-13(18(20,21)22)10-14(9-12)19(23,24)25;14-12(15,16)8-3-7(4-9(5-8)13(17,18)19)11-20-6-22(21-11)2-1-10(23)24;1-9(7)6-4-2-3-5-8-6/h2-11H,1H3,(H,28,32);1-6H,(H,23,24);2-5H,7H2,1H3/b7-5-;2-1-;. The molecule has 6 aromatic rings. The summed E-state index contributed by atoms with van der Waals surface area (Å²) in [5, 5.41) is 18.7. The molecule has 0 saturated carbocycles. The number of hydrazine groups is 2. The van der Waals surface area contributed by atoms with Crippen LogP contribution < -0.4 is 21.3 Å². The third kappa shape index (κ3) is 15.2. The molecule has 0 aliphatic carbocycles. The van der Waals surface area contributed by atoms with Crippen LogP contribution in [0, 0.1) is 0 Å². The fourth-order valence-electron chi connectivity index (χ4n) is 4.78. The summed E-state index contributed by atoms with van der Waals surface area (Å²) in [4.78, 5) is 37.7. The van der Waals surface area contributed by atoms with Gasteiger partial charge in [-0.3, -0.25) is 20.2 Å². The number of nitrogens with one attached hydrogen (secondary N) is 1. The largest absolute Gasteiger partial charge is 0.478 e. The number of aromatic nitrogens is 8. The molecule has 0 aliphatic heterocycles. The smallest absolute Gasteiger partial charge is 0.416 e. The van der Waals surface area contributed by atoms with Crippen molar-refractivity contribution in [3.63, 3.8) is 0 Å². The van der Waals surface area contributed by atoms with Crippen molar-refractivity contribution >= 4 is 35.9 Å². The molecule has 27 heteroatoms. The number of rotatable bonds is 9. The molecule has 0 unspecified atom stereocenters. The molecule has 4 heterocycles. The van der Waals surface area contributed by atoms with Crippen LogP contribution in [0.3, 0.4) is 0 Å². The van der Waals surface area contributed by atoms with E-state index >= 15 is 0 Å². The lowest BCUT2D eigenvalue weighted by Gasteiger charge is -2.17. The van der Waals surface area contributed by atoms with E-state index in [1.165, 1.54) is 16.2 Å². The number of halogens is 12. The van der Waals surface area contributed by atoms with Crippen LogP contribution >= 0.6 is 0 Å². The van der Waals surface area contributed by atoms with Crippen molar-refractivity contribution in [2.75, 3.05) is 24.1 Å². The molecular weight excluding hydrogens is 900 g/mol. The third-order valence-electron chi connectivity index (χ3n) is 7.74.